The molecular formula is C17H14ClN5O2S2. The van der Waals surface area contributed by atoms with Gasteiger partial charge in [0.05, 0.1) is 5.70 Å². The first-order chi connectivity index (χ1) is 12.8. The number of benzene rings is 2. The molecule has 2 heterocycles. The molecular weight excluding hydrogens is 406 g/mol. The van der Waals surface area contributed by atoms with Gasteiger partial charge < -0.3 is 5.73 Å². The zero-order valence-corrected chi connectivity index (χ0v) is 16.2. The van der Waals surface area contributed by atoms with Gasteiger partial charge in [0, 0.05) is 16.3 Å². The zero-order chi connectivity index (χ0) is 19.2. The van der Waals surface area contributed by atoms with Gasteiger partial charge in [0.1, 0.15) is 6.04 Å². The lowest BCUT2D eigenvalue weighted by atomic mass is 10.0. The van der Waals surface area contributed by atoms with Crippen molar-refractivity contribution in [2.24, 2.45) is 15.2 Å². The van der Waals surface area contributed by atoms with Crippen molar-refractivity contribution in [3.63, 3.8) is 0 Å². The number of nitrogens with zero attached hydrogens (tertiary/aromatic N) is 3. The third-order valence-electron chi connectivity index (χ3n) is 4.02. The molecule has 4 N–H and O–H groups in total. The van der Waals surface area contributed by atoms with E-state index >= 15 is 0 Å². The Labute approximate surface area is 165 Å². The average molecular weight is 420 g/mol. The SMILES string of the molecule is Nc1ccc(C2=CC(c3ccc(Cl)cc3)N3N=C(S(N)(=O)=O)SC3=N2)cc1. The van der Waals surface area contributed by atoms with E-state index in [4.69, 9.17) is 22.5 Å². The summed E-state index contributed by atoms with van der Waals surface area (Å²) in [5, 5.41) is 12.0. The molecule has 0 aliphatic carbocycles. The van der Waals surface area contributed by atoms with Gasteiger partial charge in [0.2, 0.25) is 4.38 Å². The average Bonchev–Trinajstić information content (AvgIpc) is 3.07. The molecule has 0 aromatic heterocycles. The maximum atomic E-state index is 11.7. The van der Waals surface area contributed by atoms with E-state index in [1.807, 2.05) is 30.3 Å². The second kappa shape index (κ2) is 6.68. The van der Waals surface area contributed by atoms with E-state index in [0.717, 1.165) is 22.9 Å². The smallest absolute Gasteiger partial charge is 0.264 e. The van der Waals surface area contributed by atoms with Crippen molar-refractivity contribution in [2.45, 2.75) is 6.04 Å². The maximum Gasteiger partial charge on any atom is 0.264 e. The number of halogens is 1. The molecule has 2 aliphatic heterocycles. The van der Waals surface area contributed by atoms with E-state index < -0.39 is 10.0 Å². The van der Waals surface area contributed by atoms with Crippen LogP contribution in [0.3, 0.4) is 0 Å². The Balaban J connectivity index is 1.81. The van der Waals surface area contributed by atoms with Gasteiger partial charge in [-0.3, -0.25) is 0 Å². The van der Waals surface area contributed by atoms with Crippen LogP contribution in [0.15, 0.2) is 64.7 Å². The number of sulfonamides is 1. The van der Waals surface area contributed by atoms with Gasteiger partial charge >= 0.3 is 0 Å². The van der Waals surface area contributed by atoms with E-state index in [1.54, 1.807) is 29.3 Å². The highest BCUT2D eigenvalue weighted by atomic mass is 35.5. The molecule has 0 fully saturated rings. The van der Waals surface area contributed by atoms with Crippen molar-refractivity contribution in [3.8, 4) is 0 Å². The van der Waals surface area contributed by atoms with Crippen LogP contribution in [0.25, 0.3) is 5.70 Å². The summed E-state index contributed by atoms with van der Waals surface area (Å²) in [7, 11) is -3.93. The van der Waals surface area contributed by atoms with E-state index in [2.05, 4.69) is 10.1 Å². The van der Waals surface area contributed by atoms with Crippen molar-refractivity contribution in [3.05, 3.63) is 70.8 Å². The van der Waals surface area contributed by atoms with E-state index in [1.165, 1.54) is 0 Å². The predicted octanol–water partition coefficient (Wildman–Crippen LogP) is 2.98. The van der Waals surface area contributed by atoms with Crippen LogP contribution >= 0.6 is 23.4 Å². The molecule has 2 aromatic rings. The number of aliphatic imine (C=N–C) groups is 1. The lowest BCUT2D eigenvalue weighted by Gasteiger charge is -2.28. The largest absolute Gasteiger partial charge is 0.399 e. The molecule has 1 atom stereocenters. The first kappa shape index (κ1) is 18.1. The number of primary sulfonamides is 1. The fourth-order valence-corrected chi connectivity index (χ4v) is 4.41. The monoisotopic (exact) mass is 419 g/mol. The Bertz CT molecular complexity index is 1090. The van der Waals surface area contributed by atoms with Crippen molar-refractivity contribution in [1.29, 1.82) is 0 Å². The standard InChI is InChI=1S/C17H14ClN5O2S2/c18-12-5-1-11(2-6-12)15-9-14(10-3-7-13(19)8-4-10)21-16-23(15)22-17(26-16)27(20,24)25/h1-9,15H,19H2,(H2,20,24,25). The Morgan fingerprint density at radius 1 is 1.07 bits per heavy atom. The number of nitrogens with two attached hydrogens (primary N) is 2. The molecule has 27 heavy (non-hydrogen) atoms. The van der Waals surface area contributed by atoms with Crippen molar-refractivity contribution >= 4 is 54.3 Å². The second-order valence-corrected chi connectivity index (χ2v) is 9.05. The maximum absolute atomic E-state index is 11.7. The number of amidine groups is 1. The molecule has 0 amide bonds. The number of hydrogen-bond donors (Lipinski definition) is 2. The third-order valence-corrected chi connectivity index (χ3v) is 6.51. The Morgan fingerprint density at radius 2 is 1.74 bits per heavy atom. The molecule has 1 unspecified atom stereocenters. The molecule has 138 valence electrons. The highest BCUT2D eigenvalue weighted by Gasteiger charge is 2.37. The summed E-state index contributed by atoms with van der Waals surface area (Å²) in [5.74, 6) is 0. The van der Waals surface area contributed by atoms with Gasteiger partial charge in [-0.25, -0.2) is 23.6 Å². The van der Waals surface area contributed by atoms with Crippen LogP contribution in [0.4, 0.5) is 5.69 Å². The minimum Gasteiger partial charge on any atom is -0.399 e. The number of nitrogen functional groups attached to an aromatic ring is 1. The lowest BCUT2D eigenvalue weighted by Crippen LogP contribution is -2.27. The van der Waals surface area contributed by atoms with Gasteiger partial charge in [-0.15, -0.1) is 5.10 Å². The molecule has 7 nitrogen and oxygen atoms in total. The molecule has 2 aliphatic rings. The Hall–Kier alpha value is -2.33. The minimum absolute atomic E-state index is 0.188. The number of hydrazone groups is 1. The molecule has 0 bridgehead atoms. The third kappa shape index (κ3) is 3.59. The highest BCUT2D eigenvalue weighted by Crippen LogP contribution is 2.39. The van der Waals surface area contributed by atoms with E-state index in [0.29, 0.717) is 21.6 Å². The quantitative estimate of drug-likeness (QED) is 0.726. The van der Waals surface area contributed by atoms with Crippen molar-refractivity contribution < 1.29 is 8.42 Å². The molecule has 10 heteroatoms. The van der Waals surface area contributed by atoms with Crippen LogP contribution in [0.2, 0.25) is 5.02 Å². The van der Waals surface area contributed by atoms with Gasteiger partial charge in [0.15, 0.2) is 5.17 Å². The van der Waals surface area contributed by atoms with Crippen LogP contribution in [0, 0.1) is 0 Å². The van der Waals surface area contributed by atoms with Crippen molar-refractivity contribution in [1.82, 2.24) is 5.01 Å². The molecule has 0 radical (unpaired) electrons. The van der Waals surface area contributed by atoms with E-state index in [9.17, 15) is 8.42 Å². The molecule has 0 spiro atoms. The molecule has 0 saturated heterocycles. The topological polar surface area (TPSA) is 114 Å². The fourth-order valence-electron chi connectivity index (χ4n) is 2.72. The van der Waals surface area contributed by atoms with Gasteiger partial charge in [0.25, 0.3) is 10.0 Å². The predicted molar refractivity (Wildman–Crippen MR) is 110 cm³/mol. The summed E-state index contributed by atoms with van der Waals surface area (Å²) in [6, 6.07) is 14.2. The zero-order valence-electron chi connectivity index (χ0n) is 13.8. The van der Waals surface area contributed by atoms with Crippen LogP contribution in [-0.2, 0) is 10.0 Å². The summed E-state index contributed by atoms with van der Waals surface area (Å²) in [5.41, 5.74) is 8.85. The lowest BCUT2D eigenvalue weighted by molar-refractivity contribution is 0.395. The second-order valence-electron chi connectivity index (χ2n) is 5.92. The molecule has 0 saturated carbocycles. The molecule has 2 aromatic carbocycles. The van der Waals surface area contributed by atoms with Gasteiger partial charge in [-0.1, -0.05) is 35.9 Å². The van der Waals surface area contributed by atoms with E-state index in [-0.39, 0.29) is 10.4 Å². The van der Waals surface area contributed by atoms with Crippen LogP contribution in [0.1, 0.15) is 17.2 Å². The minimum atomic E-state index is -3.93. The number of anilines is 1. The summed E-state index contributed by atoms with van der Waals surface area (Å²) >= 11 is 6.92. The number of thioether (sulfide) groups is 1. The number of hydrogen-bond acceptors (Lipinski definition) is 7. The summed E-state index contributed by atoms with van der Waals surface area (Å²) in [6.07, 6.45) is 1.91. The first-order valence-corrected chi connectivity index (χ1v) is 10.6. The van der Waals surface area contributed by atoms with Crippen LogP contribution in [0.5, 0.6) is 0 Å². The highest BCUT2D eigenvalue weighted by molar-refractivity contribution is 8.42. The number of rotatable bonds is 2. The summed E-state index contributed by atoms with van der Waals surface area (Å²) in [4.78, 5) is 4.57. The normalized spacial score (nSPS) is 19.3. The summed E-state index contributed by atoms with van der Waals surface area (Å²) in [6.45, 7) is 0. The Morgan fingerprint density at radius 3 is 2.37 bits per heavy atom. The Kier molecular flexibility index (Phi) is 4.47. The number of fused-ring (bicyclic) bond motifs is 1. The van der Waals surface area contributed by atoms with Crippen LogP contribution in [-0.4, -0.2) is 23.0 Å². The van der Waals surface area contributed by atoms with Crippen LogP contribution < -0.4 is 10.9 Å². The van der Waals surface area contributed by atoms with Gasteiger partial charge in [-0.05, 0) is 47.7 Å². The molecule has 4 rings (SSSR count). The summed E-state index contributed by atoms with van der Waals surface area (Å²) < 4.78 is 23.3. The first-order valence-electron chi connectivity index (χ1n) is 7.82. The fraction of sp³-hybridized carbons (Fsp3) is 0.0588. The van der Waals surface area contributed by atoms with Crippen molar-refractivity contribution in [2.75, 3.05) is 5.73 Å². The van der Waals surface area contributed by atoms with Gasteiger partial charge in [-0.2, -0.15) is 0 Å².